The maximum absolute atomic E-state index is 12.0. The van der Waals surface area contributed by atoms with Crippen LogP contribution in [-0.2, 0) is 4.79 Å². The Morgan fingerprint density at radius 3 is 2.71 bits per heavy atom. The summed E-state index contributed by atoms with van der Waals surface area (Å²) >= 11 is 0. The van der Waals surface area contributed by atoms with Crippen LogP contribution >= 0.6 is 0 Å². The van der Waals surface area contributed by atoms with E-state index >= 15 is 0 Å². The molecule has 2 aromatic rings. The van der Waals surface area contributed by atoms with Crippen LogP contribution in [0.3, 0.4) is 0 Å². The summed E-state index contributed by atoms with van der Waals surface area (Å²) in [5.41, 5.74) is 6.37. The second kappa shape index (κ2) is 5.82. The Kier molecular flexibility index (Phi) is 4.11. The van der Waals surface area contributed by atoms with Gasteiger partial charge in [0.1, 0.15) is 6.04 Å². The van der Waals surface area contributed by atoms with Crippen molar-refractivity contribution in [2.24, 2.45) is 0 Å². The van der Waals surface area contributed by atoms with E-state index < -0.39 is 6.04 Å². The van der Waals surface area contributed by atoms with Gasteiger partial charge >= 0.3 is 0 Å². The standard InChI is InChI=1S/C14H19N5O2/c1-7(2)16-12(20)8(3)17-14-18-11-5-4-9(15)6-10(11)13(21)19-14/h4-8H,15H2,1-3H3,(H,16,20)(H2,17,18,19,21). The number of hydrogen-bond donors (Lipinski definition) is 4. The summed E-state index contributed by atoms with van der Waals surface area (Å²) < 4.78 is 0. The van der Waals surface area contributed by atoms with E-state index in [2.05, 4.69) is 20.6 Å². The first-order chi connectivity index (χ1) is 9.86. The number of H-pyrrole nitrogens is 1. The lowest BCUT2D eigenvalue weighted by molar-refractivity contribution is -0.122. The van der Waals surface area contributed by atoms with E-state index in [0.717, 1.165) is 0 Å². The Morgan fingerprint density at radius 2 is 2.05 bits per heavy atom. The van der Waals surface area contributed by atoms with Crippen LogP contribution < -0.4 is 21.9 Å². The number of nitrogens with zero attached hydrogens (tertiary/aromatic N) is 1. The van der Waals surface area contributed by atoms with Gasteiger partial charge in [0.15, 0.2) is 0 Å². The zero-order valence-corrected chi connectivity index (χ0v) is 12.2. The van der Waals surface area contributed by atoms with Crippen LogP contribution in [0.15, 0.2) is 23.0 Å². The maximum atomic E-state index is 12.0. The highest BCUT2D eigenvalue weighted by Crippen LogP contribution is 2.13. The van der Waals surface area contributed by atoms with Crippen molar-refractivity contribution in [2.75, 3.05) is 11.1 Å². The molecule has 1 unspecified atom stereocenters. The number of aromatic amines is 1. The van der Waals surface area contributed by atoms with Crippen LogP contribution in [0, 0.1) is 0 Å². The van der Waals surface area contributed by atoms with E-state index in [4.69, 9.17) is 5.73 Å². The normalized spacial score (nSPS) is 12.4. The first-order valence-electron chi connectivity index (χ1n) is 6.73. The molecule has 0 aliphatic heterocycles. The van der Waals surface area contributed by atoms with Gasteiger partial charge in [-0.1, -0.05) is 0 Å². The van der Waals surface area contributed by atoms with Crippen molar-refractivity contribution in [3.63, 3.8) is 0 Å². The van der Waals surface area contributed by atoms with Crippen LogP contribution in [0.1, 0.15) is 20.8 Å². The number of carbonyl (C=O) groups is 1. The molecule has 7 heteroatoms. The van der Waals surface area contributed by atoms with E-state index in [9.17, 15) is 9.59 Å². The minimum atomic E-state index is -0.512. The fourth-order valence-electron chi connectivity index (χ4n) is 1.90. The molecule has 0 fully saturated rings. The van der Waals surface area contributed by atoms with Crippen molar-refractivity contribution in [1.82, 2.24) is 15.3 Å². The van der Waals surface area contributed by atoms with Gasteiger partial charge in [0.25, 0.3) is 5.56 Å². The quantitative estimate of drug-likeness (QED) is 0.623. The van der Waals surface area contributed by atoms with Crippen molar-refractivity contribution in [3.8, 4) is 0 Å². The number of nitrogens with one attached hydrogen (secondary N) is 3. The molecule has 2 rings (SSSR count). The number of anilines is 2. The number of amides is 1. The number of rotatable bonds is 4. The minimum Gasteiger partial charge on any atom is -0.399 e. The topological polar surface area (TPSA) is 113 Å². The van der Waals surface area contributed by atoms with Gasteiger partial charge in [0.2, 0.25) is 11.9 Å². The van der Waals surface area contributed by atoms with Crippen LogP contribution in [0.5, 0.6) is 0 Å². The molecule has 7 nitrogen and oxygen atoms in total. The molecule has 21 heavy (non-hydrogen) atoms. The smallest absolute Gasteiger partial charge is 0.260 e. The Hall–Kier alpha value is -2.57. The molecule has 1 aromatic carbocycles. The van der Waals surface area contributed by atoms with Crippen molar-refractivity contribution in [1.29, 1.82) is 0 Å². The maximum Gasteiger partial charge on any atom is 0.260 e. The summed E-state index contributed by atoms with van der Waals surface area (Å²) in [6, 6.07) is 4.45. The molecule has 112 valence electrons. The van der Waals surface area contributed by atoms with Gasteiger partial charge in [-0.25, -0.2) is 4.98 Å². The van der Waals surface area contributed by atoms with E-state index in [1.54, 1.807) is 25.1 Å². The number of carbonyl (C=O) groups excluding carboxylic acids is 1. The van der Waals surface area contributed by atoms with Crippen molar-refractivity contribution < 1.29 is 4.79 Å². The lowest BCUT2D eigenvalue weighted by atomic mass is 10.2. The van der Waals surface area contributed by atoms with Crippen LogP contribution in [0.4, 0.5) is 11.6 Å². The molecular weight excluding hydrogens is 270 g/mol. The molecule has 1 heterocycles. The van der Waals surface area contributed by atoms with Crippen molar-refractivity contribution in [3.05, 3.63) is 28.6 Å². The predicted octanol–water partition coefficient (Wildman–Crippen LogP) is 0.830. The average Bonchev–Trinajstić information content (AvgIpc) is 2.39. The Labute approximate surface area is 122 Å². The Balaban J connectivity index is 2.25. The summed E-state index contributed by atoms with van der Waals surface area (Å²) in [5.74, 6) is 0.0914. The first-order valence-corrected chi connectivity index (χ1v) is 6.73. The second-order valence-electron chi connectivity index (χ2n) is 5.22. The third-order valence-electron chi connectivity index (χ3n) is 2.91. The first kappa shape index (κ1) is 14.8. The number of benzene rings is 1. The summed E-state index contributed by atoms with van der Waals surface area (Å²) in [7, 11) is 0. The van der Waals surface area contributed by atoms with Gasteiger partial charge in [-0.3, -0.25) is 14.6 Å². The molecule has 5 N–H and O–H groups in total. The molecule has 1 amide bonds. The number of nitrogens with two attached hydrogens (primary N) is 1. The molecular formula is C14H19N5O2. The Morgan fingerprint density at radius 1 is 1.33 bits per heavy atom. The Bertz CT molecular complexity index is 723. The summed E-state index contributed by atoms with van der Waals surface area (Å²) in [6.07, 6.45) is 0. The van der Waals surface area contributed by atoms with E-state index in [0.29, 0.717) is 16.6 Å². The minimum absolute atomic E-state index is 0.0494. The lowest BCUT2D eigenvalue weighted by Gasteiger charge is -2.16. The third kappa shape index (κ3) is 3.50. The van der Waals surface area contributed by atoms with Crippen LogP contribution in [0.25, 0.3) is 10.9 Å². The molecule has 0 saturated heterocycles. The molecule has 1 atom stereocenters. The molecule has 1 aromatic heterocycles. The van der Waals surface area contributed by atoms with Crippen LogP contribution in [-0.4, -0.2) is 28.0 Å². The fourth-order valence-corrected chi connectivity index (χ4v) is 1.90. The van der Waals surface area contributed by atoms with Gasteiger partial charge in [0.05, 0.1) is 10.9 Å². The largest absolute Gasteiger partial charge is 0.399 e. The van der Waals surface area contributed by atoms with Crippen LogP contribution in [0.2, 0.25) is 0 Å². The molecule has 0 aliphatic carbocycles. The van der Waals surface area contributed by atoms with E-state index in [1.165, 1.54) is 0 Å². The summed E-state index contributed by atoms with van der Waals surface area (Å²) in [5, 5.41) is 6.09. The SMILES string of the molecule is CC(C)NC(=O)C(C)Nc1nc2ccc(N)cc2c(=O)[nH]1. The highest BCUT2D eigenvalue weighted by Gasteiger charge is 2.15. The predicted molar refractivity (Wildman–Crippen MR) is 83.1 cm³/mol. The van der Waals surface area contributed by atoms with Crippen molar-refractivity contribution in [2.45, 2.75) is 32.9 Å². The van der Waals surface area contributed by atoms with Gasteiger partial charge in [-0.15, -0.1) is 0 Å². The molecule has 0 radical (unpaired) electrons. The number of fused-ring (bicyclic) bond motifs is 1. The lowest BCUT2D eigenvalue weighted by Crippen LogP contribution is -2.41. The molecule has 0 saturated carbocycles. The highest BCUT2D eigenvalue weighted by atomic mass is 16.2. The highest BCUT2D eigenvalue weighted by molar-refractivity contribution is 5.85. The summed E-state index contributed by atoms with van der Waals surface area (Å²) in [6.45, 7) is 5.46. The monoisotopic (exact) mass is 289 g/mol. The number of aromatic nitrogens is 2. The second-order valence-corrected chi connectivity index (χ2v) is 5.22. The van der Waals surface area contributed by atoms with Gasteiger partial charge < -0.3 is 16.4 Å². The number of nitrogen functional groups attached to an aromatic ring is 1. The van der Waals surface area contributed by atoms with E-state index in [-0.39, 0.29) is 23.5 Å². The van der Waals surface area contributed by atoms with Gasteiger partial charge in [0, 0.05) is 11.7 Å². The summed E-state index contributed by atoms with van der Waals surface area (Å²) in [4.78, 5) is 30.7. The number of hydrogen-bond acceptors (Lipinski definition) is 5. The van der Waals surface area contributed by atoms with Crippen molar-refractivity contribution >= 4 is 28.4 Å². The zero-order chi connectivity index (χ0) is 15.6. The zero-order valence-electron chi connectivity index (χ0n) is 12.2. The molecule has 0 spiro atoms. The van der Waals surface area contributed by atoms with Gasteiger partial charge in [-0.05, 0) is 39.0 Å². The van der Waals surface area contributed by atoms with Gasteiger partial charge in [-0.2, -0.15) is 0 Å². The average molecular weight is 289 g/mol. The fraction of sp³-hybridized carbons (Fsp3) is 0.357. The molecule has 0 aliphatic rings. The van der Waals surface area contributed by atoms with E-state index in [1.807, 2.05) is 13.8 Å². The molecule has 0 bridgehead atoms. The third-order valence-corrected chi connectivity index (χ3v) is 2.91.